The Balaban J connectivity index is 1.55. The Kier molecular flexibility index (Phi) is 3.69. The average Bonchev–Trinajstić information content (AvgIpc) is 3.00. The molecular weight excluding hydrogens is 264 g/mol. The van der Waals surface area contributed by atoms with Crippen LogP contribution in [0.2, 0.25) is 0 Å². The molecule has 1 aliphatic rings. The number of nitrogens with zero attached hydrogens (tertiary/aromatic N) is 3. The fourth-order valence-electron chi connectivity index (χ4n) is 2.62. The number of fused-ring (bicyclic) bond motifs is 1. The van der Waals surface area contributed by atoms with E-state index in [-0.39, 0.29) is 5.91 Å². The Morgan fingerprint density at radius 2 is 2.24 bits per heavy atom. The maximum atomic E-state index is 12.1. The molecule has 0 bridgehead atoms. The van der Waals surface area contributed by atoms with Gasteiger partial charge in [-0.2, -0.15) is 5.26 Å². The van der Waals surface area contributed by atoms with Gasteiger partial charge in [0.2, 0.25) is 0 Å². The van der Waals surface area contributed by atoms with Crippen molar-refractivity contribution in [1.29, 1.82) is 5.26 Å². The van der Waals surface area contributed by atoms with Crippen LogP contribution in [-0.4, -0.2) is 22.0 Å². The van der Waals surface area contributed by atoms with E-state index in [0.717, 1.165) is 25.2 Å². The van der Waals surface area contributed by atoms with Crippen LogP contribution in [0.25, 0.3) is 0 Å². The van der Waals surface area contributed by atoms with Crippen molar-refractivity contribution in [2.24, 2.45) is 5.92 Å². The molecule has 0 radical (unpaired) electrons. The van der Waals surface area contributed by atoms with Crippen LogP contribution in [0, 0.1) is 17.2 Å². The molecule has 0 spiro atoms. The summed E-state index contributed by atoms with van der Waals surface area (Å²) in [5.74, 6) is 1.44. The van der Waals surface area contributed by atoms with Crippen molar-refractivity contribution < 1.29 is 4.79 Å². The summed E-state index contributed by atoms with van der Waals surface area (Å²) in [4.78, 5) is 16.4. The third-order valence-electron chi connectivity index (χ3n) is 3.88. The predicted molar refractivity (Wildman–Crippen MR) is 77.5 cm³/mol. The minimum absolute atomic E-state index is 0.0894. The second kappa shape index (κ2) is 5.80. The fraction of sp³-hybridized carbons (Fsp3) is 0.312. The topological polar surface area (TPSA) is 70.7 Å². The van der Waals surface area contributed by atoms with Gasteiger partial charge in [-0.15, -0.1) is 0 Å². The van der Waals surface area contributed by atoms with Crippen LogP contribution in [0.4, 0.5) is 0 Å². The van der Waals surface area contributed by atoms with Gasteiger partial charge in [0.05, 0.1) is 11.6 Å². The van der Waals surface area contributed by atoms with Gasteiger partial charge in [-0.3, -0.25) is 4.79 Å². The van der Waals surface area contributed by atoms with Gasteiger partial charge in [-0.1, -0.05) is 0 Å². The molecule has 1 amide bonds. The molecule has 3 rings (SSSR count). The molecule has 5 nitrogen and oxygen atoms in total. The molecule has 1 aliphatic heterocycles. The number of nitrogens with one attached hydrogen (secondary N) is 1. The molecule has 0 aliphatic carbocycles. The number of carbonyl (C=O) groups excluding carboxylic acids is 1. The van der Waals surface area contributed by atoms with Crippen molar-refractivity contribution in [2.75, 3.05) is 6.54 Å². The van der Waals surface area contributed by atoms with Crippen molar-refractivity contribution >= 4 is 5.91 Å². The molecule has 1 atom stereocenters. The van der Waals surface area contributed by atoms with Crippen molar-refractivity contribution in [1.82, 2.24) is 14.9 Å². The summed E-state index contributed by atoms with van der Waals surface area (Å²) in [5, 5.41) is 11.7. The molecule has 0 unspecified atom stereocenters. The number of amides is 1. The highest BCUT2D eigenvalue weighted by Crippen LogP contribution is 2.18. The first kappa shape index (κ1) is 13.4. The first-order chi connectivity index (χ1) is 10.3. The van der Waals surface area contributed by atoms with Gasteiger partial charge in [0, 0.05) is 37.5 Å². The van der Waals surface area contributed by atoms with Gasteiger partial charge in [0.25, 0.3) is 5.91 Å². The molecule has 2 heterocycles. The highest BCUT2D eigenvalue weighted by atomic mass is 16.1. The number of hydrogen-bond acceptors (Lipinski definition) is 3. The molecular formula is C16H16N4O. The lowest BCUT2D eigenvalue weighted by Crippen LogP contribution is -2.33. The molecule has 2 aromatic rings. The van der Waals surface area contributed by atoms with Crippen LogP contribution in [0.1, 0.15) is 28.2 Å². The van der Waals surface area contributed by atoms with Crippen molar-refractivity contribution in [3.8, 4) is 6.07 Å². The number of imidazole rings is 1. The maximum absolute atomic E-state index is 12.1. The average molecular weight is 280 g/mol. The number of aryl methyl sites for hydroxylation is 1. The Hall–Kier alpha value is -2.61. The van der Waals surface area contributed by atoms with Crippen LogP contribution in [-0.2, 0) is 13.0 Å². The molecule has 1 aromatic carbocycles. The standard InChI is InChI=1S/C16H16N4O/c17-10-12-1-3-14(4-2-12)16(21)19-11-13-5-7-20-8-6-18-15(20)9-13/h1-4,6,8,13H,5,7,9,11H2,(H,19,21)/t13-/m1/s1. The largest absolute Gasteiger partial charge is 0.352 e. The Morgan fingerprint density at radius 3 is 3.00 bits per heavy atom. The van der Waals surface area contributed by atoms with E-state index < -0.39 is 0 Å². The summed E-state index contributed by atoms with van der Waals surface area (Å²) in [6.07, 6.45) is 5.78. The van der Waals surface area contributed by atoms with Crippen LogP contribution in [0.15, 0.2) is 36.7 Å². The highest BCUT2D eigenvalue weighted by molar-refractivity contribution is 5.94. The summed E-state index contributed by atoms with van der Waals surface area (Å²) >= 11 is 0. The van der Waals surface area contributed by atoms with E-state index in [1.54, 1.807) is 24.3 Å². The van der Waals surface area contributed by atoms with E-state index in [1.807, 2.05) is 18.5 Å². The second-order valence-corrected chi connectivity index (χ2v) is 5.29. The summed E-state index contributed by atoms with van der Waals surface area (Å²) in [5.41, 5.74) is 1.15. The van der Waals surface area contributed by atoms with Crippen molar-refractivity contribution in [3.05, 3.63) is 53.6 Å². The van der Waals surface area contributed by atoms with Gasteiger partial charge < -0.3 is 9.88 Å². The van der Waals surface area contributed by atoms with Crippen LogP contribution in [0.5, 0.6) is 0 Å². The maximum Gasteiger partial charge on any atom is 0.251 e. The van der Waals surface area contributed by atoms with Crippen molar-refractivity contribution in [2.45, 2.75) is 19.4 Å². The van der Waals surface area contributed by atoms with Gasteiger partial charge in [0.1, 0.15) is 5.82 Å². The summed E-state index contributed by atoms with van der Waals surface area (Å²) < 4.78 is 2.17. The predicted octanol–water partition coefficient (Wildman–Crippen LogP) is 1.75. The zero-order valence-electron chi connectivity index (χ0n) is 11.6. The minimum Gasteiger partial charge on any atom is -0.352 e. The Labute approximate surface area is 123 Å². The third-order valence-corrected chi connectivity index (χ3v) is 3.88. The lowest BCUT2D eigenvalue weighted by molar-refractivity contribution is 0.0944. The van der Waals surface area contributed by atoms with E-state index in [2.05, 4.69) is 14.9 Å². The zero-order chi connectivity index (χ0) is 14.7. The Morgan fingerprint density at radius 1 is 1.43 bits per heavy atom. The quantitative estimate of drug-likeness (QED) is 0.931. The molecule has 21 heavy (non-hydrogen) atoms. The van der Waals surface area contributed by atoms with Crippen LogP contribution < -0.4 is 5.32 Å². The number of hydrogen-bond donors (Lipinski definition) is 1. The molecule has 1 N–H and O–H groups in total. The number of carbonyl (C=O) groups is 1. The molecule has 5 heteroatoms. The monoisotopic (exact) mass is 280 g/mol. The van der Waals surface area contributed by atoms with E-state index in [4.69, 9.17) is 5.26 Å². The van der Waals surface area contributed by atoms with Gasteiger partial charge in [-0.25, -0.2) is 4.98 Å². The highest BCUT2D eigenvalue weighted by Gasteiger charge is 2.19. The fourth-order valence-corrected chi connectivity index (χ4v) is 2.62. The lowest BCUT2D eigenvalue weighted by atomic mass is 9.97. The van der Waals surface area contributed by atoms with Crippen LogP contribution in [0.3, 0.4) is 0 Å². The molecule has 0 fully saturated rings. The van der Waals surface area contributed by atoms with E-state index in [0.29, 0.717) is 23.6 Å². The molecule has 0 saturated carbocycles. The summed E-state index contributed by atoms with van der Waals surface area (Å²) in [7, 11) is 0. The number of aromatic nitrogens is 2. The number of nitriles is 1. The third kappa shape index (κ3) is 2.95. The zero-order valence-corrected chi connectivity index (χ0v) is 11.6. The molecule has 106 valence electrons. The second-order valence-electron chi connectivity index (χ2n) is 5.29. The number of rotatable bonds is 3. The van der Waals surface area contributed by atoms with Crippen molar-refractivity contribution in [3.63, 3.8) is 0 Å². The SMILES string of the molecule is N#Cc1ccc(C(=O)NC[C@@H]2CCn3ccnc3C2)cc1. The van der Waals surface area contributed by atoms with Gasteiger partial charge >= 0.3 is 0 Å². The Bertz CT molecular complexity index is 681. The van der Waals surface area contributed by atoms with E-state index >= 15 is 0 Å². The normalized spacial score (nSPS) is 16.8. The smallest absolute Gasteiger partial charge is 0.251 e. The van der Waals surface area contributed by atoms with Gasteiger partial charge in [-0.05, 0) is 36.6 Å². The van der Waals surface area contributed by atoms with Crippen LogP contribution >= 0.6 is 0 Å². The number of benzene rings is 1. The lowest BCUT2D eigenvalue weighted by Gasteiger charge is -2.23. The van der Waals surface area contributed by atoms with E-state index in [9.17, 15) is 4.79 Å². The molecule has 0 saturated heterocycles. The minimum atomic E-state index is -0.0894. The van der Waals surface area contributed by atoms with E-state index in [1.165, 1.54) is 0 Å². The molecule has 1 aromatic heterocycles. The summed E-state index contributed by atoms with van der Waals surface area (Å²) in [6, 6.07) is 8.72. The first-order valence-corrected chi connectivity index (χ1v) is 7.04. The first-order valence-electron chi connectivity index (χ1n) is 7.04. The summed E-state index contributed by atoms with van der Waals surface area (Å²) in [6.45, 7) is 1.62. The van der Waals surface area contributed by atoms with Gasteiger partial charge in [0.15, 0.2) is 0 Å².